The molecule has 0 saturated heterocycles. The van der Waals surface area contributed by atoms with E-state index in [9.17, 15) is 4.79 Å². The van der Waals surface area contributed by atoms with Crippen molar-refractivity contribution in [3.63, 3.8) is 0 Å². The highest BCUT2D eigenvalue weighted by Crippen LogP contribution is 2.60. The van der Waals surface area contributed by atoms with Gasteiger partial charge in [0.05, 0.1) is 0 Å². The normalized spacial score (nSPS) is 40.0. The first-order valence-electron chi connectivity index (χ1n) is 8.90. The largest absolute Gasteiger partial charge is 0.295 e. The molecule has 0 N–H and O–H groups in total. The minimum absolute atomic E-state index is 0.328. The molecule has 0 amide bonds. The summed E-state index contributed by atoms with van der Waals surface area (Å²) < 4.78 is 0. The average molecular weight is 294 g/mol. The standard InChI is InChI=1S/C21H26O/c1-3-4-15-6-10-20-19-8-5-14-13-16(22)7-9-17(14)18(19)11-12-21(15,20)2/h3,11-13,15,19-20H,1,4-10H2,2H3/t15-,19-,20+,21-/m1/s1. The summed E-state index contributed by atoms with van der Waals surface area (Å²) in [6.07, 6.45) is 16.9. The SMILES string of the molecule is C=CC[C@@H]1CC[C@H]2[C@@H]3CCC4=CC(=O)CCC4=C3C=C[C@]12C. The topological polar surface area (TPSA) is 17.1 Å². The molecule has 22 heavy (non-hydrogen) atoms. The molecular formula is C21H26O. The quantitative estimate of drug-likeness (QED) is 0.643. The molecule has 1 fully saturated rings. The van der Waals surface area contributed by atoms with Crippen molar-refractivity contribution in [3.8, 4) is 0 Å². The van der Waals surface area contributed by atoms with E-state index < -0.39 is 0 Å². The lowest BCUT2D eigenvalue weighted by atomic mass is 9.59. The van der Waals surface area contributed by atoms with E-state index in [0.29, 0.717) is 17.6 Å². The lowest BCUT2D eigenvalue weighted by Gasteiger charge is -2.45. The van der Waals surface area contributed by atoms with E-state index >= 15 is 0 Å². The van der Waals surface area contributed by atoms with Crippen molar-refractivity contribution < 1.29 is 4.79 Å². The van der Waals surface area contributed by atoms with Gasteiger partial charge in [0, 0.05) is 6.42 Å². The molecule has 0 aromatic carbocycles. The van der Waals surface area contributed by atoms with Gasteiger partial charge >= 0.3 is 0 Å². The summed E-state index contributed by atoms with van der Waals surface area (Å²) in [4.78, 5) is 11.7. The fourth-order valence-electron chi connectivity index (χ4n) is 5.69. The summed E-state index contributed by atoms with van der Waals surface area (Å²) in [5, 5.41) is 0. The van der Waals surface area contributed by atoms with Gasteiger partial charge in [0.2, 0.25) is 0 Å². The maximum Gasteiger partial charge on any atom is 0.156 e. The lowest BCUT2D eigenvalue weighted by molar-refractivity contribution is -0.114. The van der Waals surface area contributed by atoms with Gasteiger partial charge in [0.25, 0.3) is 0 Å². The zero-order valence-electron chi connectivity index (χ0n) is 13.6. The number of carbonyl (C=O) groups is 1. The second kappa shape index (κ2) is 5.08. The van der Waals surface area contributed by atoms with Crippen LogP contribution in [0.15, 0.2) is 47.6 Å². The maximum atomic E-state index is 11.7. The van der Waals surface area contributed by atoms with E-state index in [1.807, 2.05) is 6.08 Å². The van der Waals surface area contributed by atoms with E-state index in [1.165, 1.54) is 30.4 Å². The van der Waals surface area contributed by atoms with Gasteiger partial charge in [-0.3, -0.25) is 4.79 Å². The van der Waals surface area contributed by atoms with Crippen molar-refractivity contribution in [1.29, 1.82) is 0 Å². The van der Waals surface area contributed by atoms with Gasteiger partial charge in [-0.25, -0.2) is 0 Å². The number of rotatable bonds is 2. The van der Waals surface area contributed by atoms with Crippen LogP contribution >= 0.6 is 0 Å². The van der Waals surface area contributed by atoms with E-state index in [2.05, 4.69) is 31.7 Å². The van der Waals surface area contributed by atoms with Crippen LogP contribution in [0.4, 0.5) is 0 Å². The maximum absolute atomic E-state index is 11.7. The highest BCUT2D eigenvalue weighted by atomic mass is 16.1. The average Bonchev–Trinajstić information content (AvgIpc) is 2.84. The number of hydrogen-bond acceptors (Lipinski definition) is 1. The first-order valence-corrected chi connectivity index (χ1v) is 8.90. The molecule has 0 aliphatic heterocycles. The van der Waals surface area contributed by atoms with E-state index in [1.54, 1.807) is 5.57 Å². The summed E-state index contributed by atoms with van der Waals surface area (Å²) in [6, 6.07) is 0. The first-order chi connectivity index (χ1) is 10.6. The molecule has 4 aliphatic carbocycles. The van der Waals surface area contributed by atoms with E-state index in [4.69, 9.17) is 0 Å². The predicted octanol–water partition coefficient (Wildman–Crippen LogP) is 5.16. The third kappa shape index (κ3) is 1.94. The van der Waals surface area contributed by atoms with Gasteiger partial charge in [-0.05, 0) is 84.5 Å². The lowest BCUT2D eigenvalue weighted by Crippen LogP contribution is -2.37. The smallest absolute Gasteiger partial charge is 0.156 e. The van der Waals surface area contributed by atoms with Crippen molar-refractivity contribution in [2.75, 3.05) is 0 Å². The summed E-state index contributed by atoms with van der Waals surface area (Å²) >= 11 is 0. The van der Waals surface area contributed by atoms with Gasteiger partial charge in [0.15, 0.2) is 5.78 Å². The Balaban J connectivity index is 1.76. The number of ketones is 1. The van der Waals surface area contributed by atoms with E-state index in [0.717, 1.165) is 37.0 Å². The first kappa shape index (κ1) is 14.2. The molecule has 1 nitrogen and oxygen atoms in total. The summed E-state index contributed by atoms with van der Waals surface area (Å²) in [5.74, 6) is 2.62. The highest BCUT2D eigenvalue weighted by molar-refractivity contribution is 5.93. The van der Waals surface area contributed by atoms with Crippen molar-refractivity contribution in [3.05, 3.63) is 47.6 Å². The van der Waals surface area contributed by atoms with Crippen LogP contribution in [0.2, 0.25) is 0 Å². The van der Waals surface area contributed by atoms with Crippen molar-refractivity contribution in [2.45, 2.75) is 51.9 Å². The Morgan fingerprint density at radius 1 is 1.27 bits per heavy atom. The summed E-state index contributed by atoms with van der Waals surface area (Å²) in [5.41, 5.74) is 4.79. The zero-order chi connectivity index (χ0) is 15.3. The highest BCUT2D eigenvalue weighted by Gasteiger charge is 2.50. The Morgan fingerprint density at radius 2 is 2.14 bits per heavy atom. The molecule has 0 unspecified atom stereocenters. The van der Waals surface area contributed by atoms with Crippen molar-refractivity contribution in [2.24, 2.45) is 23.2 Å². The van der Waals surface area contributed by atoms with Crippen LogP contribution in [0.3, 0.4) is 0 Å². The van der Waals surface area contributed by atoms with Crippen LogP contribution in [0.5, 0.6) is 0 Å². The molecule has 1 saturated carbocycles. The fraction of sp³-hybridized carbons (Fsp3) is 0.571. The molecule has 0 aromatic heterocycles. The minimum atomic E-state index is 0.328. The van der Waals surface area contributed by atoms with Crippen LogP contribution in [0.1, 0.15) is 51.9 Å². The Hall–Kier alpha value is -1.37. The van der Waals surface area contributed by atoms with Gasteiger partial charge < -0.3 is 0 Å². The molecule has 0 aromatic rings. The second-order valence-electron chi connectivity index (χ2n) is 7.82. The third-order valence-corrected chi connectivity index (χ3v) is 6.88. The van der Waals surface area contributed by atoms with Crippen LogP contribution in [-0.4, -0.2) is 5.78 Å². The van der Waals surface area contributed by atoms with Gasteiger partial charge in [-0.15, -0.1) is 6.58 Å². The Kier molecular flexibility index (Phi) is 3.29. The summed E-state index contributed by atoms with van der Waals surface area (Å²) in [7, 11) is 0. The molecule has 0 spiro atoms. The Labute approximate surface area is 133 Å². The zero-order valence-corrected chi connectivity index (χ0v) is 13.6. The Morgan fingerprint density at radius 3 is 2.95 bits per heavy atom. The molecule has 4 aliphatic rings. The van der Waals surface area contributed by atoms with Crippen LogP contribution in [-0.2, 0) is 4.79 Å². The molecule has 0 bridgehead atoms. The van der Waals surface area contributed by atoms with Crippen molar-refractivity contribution >= 4 is 5.78 Å². The third-order valence-electron chi connectivity index (χ3n) is 6.88. The van der Waals surface area contributed by atoms with Crippen LogP contribution in [0.25, 0.3) is 0 Å². The second-order valence-corrected chi connectivity index (χ2v) is 7.82. The van der Waals surface area contributed by atoms with Gasteiger partial charge in [-0.1, -0.05) is 25.2 Å². The number of hydrogen-bond donors (Lipinski definition) is 0. The molecular weight excluding hydrogens is 268 g/mol. The summed E-state index contributed by atoms with van der Waals surface area (Å²) in [6.45, 7) is 6.44. The van der Waals surface area contributed by atoms with Gasteiger partial charge in [-0.2, -0.15) is 0 Å². The number of allylic oxidation sites excluding steroid dienone is 7. The molecule has 1 heteroatoms. The molecule has 0 radical (unpaired) electrons. The molecule has 116 valence electrons. The molecule has 4 atom stereocenters. The molecule has 0 heterocycles. The van der Waals surface area contributed by atoms with Crippen molar-refractivity contribution in [1.82, 2.24) is 0 Å². The number of carbonyl (C=O) groups excluding carboxylic acids is 1. The fourth-order valence-corrected chi connectivity index (χ4v) is 5.69. The predicted molar refractivity (Wildman–Crippen MR) is 90.3 cm³/mol. The molecule has 4 rings (SSSR count). The monoisotopic (exact) mass is 294 g/mol. The Bertz CT molecular complexity index is 618. The van der Waals surface area contributed by atoms with Crippen LogP contribution in [0, 0.1) is 23.2 Å². The van der Waals surface area contributed by atoms with Crippen LogP contribution < -0.4 is 0 Å². The minimum Gasteiger partial charge on any atom is -0.295 e. The van der Waals surface area contributed by atoms with Gasteiger partial charge in [0.1, 0.15) is 0 Å². The number of fused-ring (bicyclic) bond motifs is 4. The van der Waals surface area contributed by atoms with E-state index in [-0.39, 0.29) is 0 Å².